The molecule has 1 aromatic carbocycles. The number of carbonyl (C=O) groups is 2. The number of pyridine rings is 1. The lowest BCUT2D eigenvalue weighted by molar-refractivity contribution is -0.129. The highest BCUT2D eigenvalue weighted by Crippen LogP contribution is 2.31. The Balaban J connectivity index is 1.39. The molecular formula is C24H26F3N5O2. The maximum Gasteiger partial charge on any atom is 0.266 e. The lowest BCUT2D eigenvalue weighted by Crippen LogP contribution is -2.52. The third-order valence-corrected chi connectivity index (χ3v) is 6.16. The topological polar surface area (TPSA) is 109 Å². The van der Waals surface area contributed by atoms with Gasteiger partial charge in [-0.2, -0.15) is 0 Å². The van der Waals surface area contributed by atoms with Gasteiger partial charge in [0.2, 0.25) is 11.8 Å². The van der Waals surface area contributed by atoms with E-state index >= 15 is 0 Å². The summed E-state index contributed by atoms with van der Waals surface area (Å²) in [6, 6.07) is 5.34. The molecule has 1 aromatic heterocycles. The molecule has 4 rings (SSSR count). The minimum atomic E-state index is -2.93. The van der Waals surface area contributed by atoms with Crippen molar-refractivity contribution in [1.29, 1.82) is 0 Å². The van der Waals surface area contributed by atoms with Gasteiger partial charge in [-0.25, -0.2) is 18.2 Å². The van der Waals surface area contributed by atoms with Gasteiger partial charge < -0.3 is 21.7 Å². The van der Waals surface area contributed by atoms with Crippen LogP contribution in [0.2, 0.25) is 0 Å². The van der Waals surface area contributed by atoms with E-state index in [-0.39, 0.29) is 11.9 Å². The summed E-state index contributed by atoms with van der Waals surface area (Å²) in [5.74, 6) is -1.28. The van der Waals surface area contributed by atoms with Gasteiger partial charge in [-0.3, -0.25) is 9.59 Å². The number of hydrogen-bond acceptors (Lipinski definition) is 5. The van der Waals surface area contributed by atoms with Crippen LogP contribution in [0.3, 0.4) is 0 Å². The molecule has 3 atom stereocenters. The molecule has 7 nitrogen and oxygen atoms in total. The number of amides is 2. The van der Waals surface area contributed by atoms with Gasteiger partial charge in [0.15, 0.2) is 0 Å². The van der Waals surface area contributed by atoms with Gasteiger partial charge in [-0.1, -0.05) is 18.2 Å². The highest BCUT2D eigenvalue weighted by molar-refractivity contribution is 5.92. The zero-order valence-electron chi connectivity index (χ0n) is 18.6. The number of aromatic nitrogens is 1. The molecule has 2 aromatic rings. The number of alkyl halides is 2. The Morgan fingerprint density at radius 1 is 1.21 bits per heavy atom. The molecule has 0 fully saturated rings. The van der Waals surface area contributed by atoms with Crippen molar-refractivity contribution in [3.8, 4) is 0 Å². The van der Waals surface area contributed by atoms with Gasteiger partial charge >= 0.3 is 0 Å². The number of nitrogens with two attached hydrogens (primary N) is 1. The van der Waals surface area contributed by atoms with Gasteiger partial charge in [0.05, 0.1) is 11.6 Å². The Kier molecular flexibility index (Phi) is 6.87. The molecule has 2 amide bonds. The first-order valence-electron chi connectivity index (χ1n) is 11.1. The van der Waals surface area contributed by atoms with Crippen LogP contribution in [-0.2, 0) is 16.0 Å². The third kappa shape index (κ3) is 5.06. The van der Waals surface area contributed by atoms with E-state index in [1.165, 1.54) is 6.07 Å². The molecule has 1 unspecified atom stereocenters. The quantitative estimate of drug-likeness (QED) is 0.516. The molecule has 0 saturated heterocycles. The molecule has 180 valence electrons. The van der Waals surface area contributed by atoms with Gasteiger partial charge in [0, 0.05) is 12.2 Å². The van der Waals surface area contributed by atoms with Crippen molar-refractivity contribution in [3.63, 3.8) is 0 Å². The highest BCUT2D eigenvalue weighted by atomic mass is 19.3. The predicted molar refractivity (Wildman–Crippen MR) is 121 cm³/mol. The lowest BCUT2D eigenvalue weighted by atomic mass is 9.95. The summed E-state index contributed by atoms with van der Waals surface area (Å²) < 4.78 is 39.8. The Labute approximate surface area is 195 Å². The normalized spacial score (nSPS) is 20.4. The van der Waals surface area contributed by atoms with E-state index in [9.17, 15) is 22.8 Å². The first kappa shape index (κ1) is 23.7. The van der Waals surface area contributed by atoms with E-state index in [1.54, 1.807) is 19.1 Å². The minimum Gasteiger partial charge on any atom is -0.384 e. The second kappa shape index (κ2) is 9.84. The number of benzene rings is 1. The van der Waals surface area contributed by atoms with E-state index in [2.05, 4.69) is 20.9 Å². The standard InChI is InChI=1S/C24H26F3N5O2/c1-12(23(33)32-19-6-5-18-15(19)3-7-21(28)31-18)30-24(34)20-11-14(8-9-29-20)13-2-4-17(25)16(10-13)22(26)27/h2-4,7,10-12,19-20,22,29H,5-6,8-9H2,1H3,(H2,28,31)(H,30,34)(H,32,33)/t12?,19-,20-/m1/s1. The summed E-state index contributed by atoms with van der Waals surface area (Å²) in [7, 11) is 0. The number of hydrogen-bond donors (Lipinski definition) is 4. The van der Waals surface area contributed by atoms with E-state index in [4.69, 9.17) is 5.73 Å². The average Bonchev–Trinajstić information content (AvgIpc) is 3.20. The highest BCUT2D eigenvalue weighted by Gasteiger charge is 2.29. The zero-order chi connectivity index (χ0) is 24.4. The van der Waals surface area contributed by atoms with Gasteiger partial charge in [0.25, 0.3) is 6.43 Å². The number of nitrogens with one attached hydrogen (secondary N) is 3. The Morgan fingerprint density at radius 3 is 2.76 bits per heavy atom. The summed E-state index contributed by atoms with van der Waals surface area (Å²) >= 11 is 0. The molecular weight excluding hydrogens is 447 g/mol. The number of carbonyl (C=O) groups excluding carboxylic acids is 2. The van der Waals surface area contributed by atoms with Crippen LogP contribution < -0.4 is 21.7 Å². The van der Waals surface area contributed by atoms with Crippen LogP contribution in [0.5, 0.6) is 0 Å². The number of rotatable bonds is 6. The lowest BCUT2D eigenvalue weighted by Gasteiger charge is -2.25. The summed E-state index contributed by atoms with van der Waals surface area (Å²) in [6.45, 7) is 2.02. The van der Waals surface area contributed by atoms with Crippen LogP contribution in [0.1, 0.15) is 54.6 Å². The van der Waals surface area contributed by atoms with E-state index in [1.807, 2.05) is 6.07 Å². The van der Waals surface area contributed by atoms with Crippen LogP contribution >= 0.6 is 0 Å². The average molecular weight is 473 g/mol. The van der Waals surface area contributed by atoms with Crippen molar-refractivity contribution in [1.82, 2.24) is 20.9 Å². The maximum absolute atomic E-state index is 13.6. The summed E-state index contributed by atoms with van der Waals surface area (Å²) in [5, 5.41) is 8.68. The molecule has 5 N–H and O–H groups in total. The van der Waals surface area contributed by atoms with Crippen LogP contribution in [-0.4, -0.2) is 35.4 Å². The largest absolute Gasteiger partial charge is 0.384 e. The number of anilines is 1. The smallest absolute Gasteiger partial charge is 0.266 e. The van der Waals surface area contributed by atoms with Crippen LogP contribution in [0, 0.1) is 5.82 Å². The fourth-order valence-corrected chi connectivity index (χ4v) is 4.32. The number of nitrogens with zero attached hydrogens (tertiary/aromatic N) is 1. The fraction of sp³-hybridized carbons (Fsp3) is 0.375. The van der Waals surface area contributed by atoms with Crippen molar-refractivity contribution in [2.45, 2.75) is 50.7 Å². The first-order chi connectivity index (χ1) is 16.2. The molecule has 1 aliphatic heterocycles. The van der Waals surface area contributed by atoms with E-state index in [0.29, 0.717) is 42.8 Å². The summed E-state index contributed by atoms with van der Waals surface area (Å²) in [5.41, 5.74) is 7.93. The Morgan fingerprint density at radius 2 is 2.00 bits per heavy atom. The van der Waals surface area contributed by atoms with Crippen molar-refractivity contribution in [3.05, 3.63) is 64.6 Å². The molecule has 34 heavy (non-hydrogen) atoms. The second-order valence-corrected chi connectivity index (χ2v) is 8.51. The predicted octanol–water partition coefficient (Wildman–Crippen LogP) is 2.79. The monoisotopic (exact) mass is 473 g/mol. The minimum absolute atomic E-state index is 0.197. The summed E-state index contributed by atoms with van der Waals surface area (Å²) in [6.07, 6.45) is 0.596. The Hall–Kier alpha value is -3.40. The van der Waals surface area contributed by atoms with Gasteiger partial charge in [-0.05, 0) is 61.1 Å². The number of aryl methyl sites for hydroxylation is 1. The van der Waals surface area contributed by atoms with Crippen molar-refractivity contribution in [2.24, 2.45) is 0 Å². The van der Waals surface area contributed by atoms with E-state index in [0.717, 1.165) is 23.4 Å². The van der Waals surface area contributed by atoms with E-state index < -0.39 is 35.8 Å². The molecule has 1 aliphatic carbocycles. The number of nitrogen functional groups attached to an aromatic ring is 1. The first-order valence-corrected chi connectivity index (χ1v) is 11.1. The molecule has 0 spiro atoms. The molecule has 0 bridgehead atoms. The zero-order valence-corrected chi connectivity index (χ0v) is 18.6. The molecule has 2 heterocycles. The number of fused-ring (bicyclic) bond motifs is 1. The van der Waals surface area contributed by atoms with Crippen molar-refractivity contribution in [2.75, 3.05) is 12.3 Å². The second-order valence-electron chi connectivity index (χ2n) is 8.51. The third-order valence-electron chi connectivity index (χ3n) is 6.16. The summed E-state index contributed by atoms with van der Waals surface area (Å²) in [4.78, 5) is 29.8. The maximum atomic E-state index is 13.6. The molecule has 0 saturated carbocycles. The van der Waals surface area contributed by atoms with Crippen molar-refractivity contribution >= 4 is 23.2 Å². The van der Waals surface area contributed by atoms with Crippen LogP contribution in [0.15, 0.2) is 36.4 Å². The van der Waals surface area contributed by atoms with Crippen LogP contribution in [0.25, 0.3) is 5.57 Å². The van der Waals surface area contributed by atoms with Gasteiger partial charge in [0.1, 0.15) is 23.7 Å². The fourth-order valence-electron chi connectivity index (χ4n) is 4.32. The SMILES string of the molecule is CC(NC(=O)[C@H]1C=C(c2ccc(F)c(C(F)F)c2)CCN1)C(=O)N[C@@H]1CCc2nc(N)ccc21. The number of halogens is 3. The molecule has 0 radical (unpaired) electrons. The van der Waals surface area contributed by atoms with Crippen molar-refractivity contribution < 1.29 is 22.8 Å². The molecule has 10 heteroatoms. The van der Waals surface area contributed by atoms with Gasteiger partial charge in [-0.15, -0.1) is 0 Å². The Bertz CT molecular complexity index is 1140. The molecule has 2 aliphatic rings. The van der Waals surface area contributed by atoms with Crippen LogP contribution in [0.4, 0.5) is 19.0 Å².